The van der Waals surface area contributed by atoms with E-state index in [4.69, 9.17) is 4.74 Å². The van der Waals surface area contributed by atoms with E-state index in [-0.39, 0.29) is 0 Å². The van der Waals surface area contributed by atoms with E-state index in [2.05, 4.69) is 25.7 Å². The molecular weight excluding hydrogens is 280 g/mol. The van der Waals surface area contributed by atoms with Crippen molar-refractivity contribution in [3.8, 4) is 0 Å². The molecule has 132 valence electrons. The van der Waals surface area contributed by atoms with Gasteiger partial charge < -0.3 is 4.74 Å². The molecule has 2 aliphatic carbocycles. The second-order valence-corrected chi connectivity index (χ2v) is 7.89. The van der Waals surface area contributed by atoms with Crippen LogP contribution in [0, 0.1) is 17.8 Å². The van der Waals surface area contributed by atoms with Crippen LogP contribution in [0.5, 0.6) is 0 Å². The van der Waals surface area contributed by atoms with Crippen LogP contribution in [0.25, 0.3) is 0 Å². The standard InChI is InChI=1S/C22H38O/c1-3-5-7-19-8-10-20(11-9-19)12-13-21-14-16-22(17-15-21)23-18-6-4-2/h3,6,18-22H,1,4-5,7-17H2,2H3/b18-6+. The average molecular weight is 319 g/mol. The van der Waals surface area contributed by atoms with Crippen molar-refractivity contribution in [3.63, 3.8) is 0 Å². The van der Waals surface area contributed by atoms with E-state index in [9.17, 15) is 0 Å². The van der Waals surface area contributed by atoms with E-state index in [1.165, 1.54) is 77.0 Å². The number of hydrogen-bond donors (Lipinski definition) is 0. The smallest absolute Gasteiger partial charge is 0.0978 e. The van der Waals surface area contributed by atoms with Gasteiger partial charge in [-0.05, 0) is 62.7 Å². The second-order valence-electron chi connectivity index (χ2n) is 7.89. The fourth-order valence-corrected chi connectivity index (χ4v) is 4.45. The Kier molecular flexibility index (Phi) is 8.86. The van der Waals surface area contributed by atoms with E-state index in [1.54, 1.807) is 0 Å². The normalized spacial score (nSPS) is 32.0. The zero-order valence-electron chi connectivity index (χ0n) is 15.3. The third kappa shape index (κ3) is 7.14. The van der Waals surface area contributed by atoms with Gasteiger partial charge in [0.2, 0.25) is 0 Å². The summed E-state index contributed by atoms with van der Waals surface area (Å²) in [6, 6.07) is 0. The van der Waals surface area contributed by atoms with Crippen LogP contribution in [0.2, 0.25) is 0 Å². The van der Waals surface area contributed by atoms with E-state index < -0.39 is 0 Å². The Morgan fingerprint density at radius 3 is 1.87 bits per heavy atom. The molecule has 0 radical (unpaired) electrons. The Balaban J connectivity index is 1.54. The van der Waals surface area contributed by atoms with E-state index in [0.717, 1.165) is 24.2 Å². The molecule has 0 amide bonds. The van der Waals surface area contributed by atoms with Gasteiger partial charge in [-0.25, -0.2) is 0 Å². The fraction of sp³-hybridized carbons (Fsp3) is 0.818. The van der Waals surface area contributed by atoms with Crippen LogP contribution in [0.15, 0.2) is 25.0 Å². The van der Waals surface area contributed by atoms with Crippen LogP contribution < -0.4 is 0 Å². The third-order valence-electron chi connectivity index (χ3n) is 6.13. The molecule has 0 aliphatic heterocycles. The average Bonchev–Trinajstić information content (AvgIpc) is 2.60. The maximum Gasteiger partial charge on any atom is 0.0978 e. The van der Waals surface area contributed by atoms with Crippen molar-refractivity contribution in [2.24, 2.45) is 17.8 Å². The molecule has 0 atom stereocenters. The number of ether oxygens (including phenoxy) is 1. The van der Waals surface area contributed by atoms with Gasteiger partial charge in [0.05, 0.1) is 12.4 Å². The molecular formula is C22H38O. The summed E-state index contributed by atoms with van der Waals surface area (Å²) in [5, 5.41) is 0. The number of allylic oxidation sites excluding steroid dienone is 2. The Morgan fingerprint density at radius 2 is 1.35 bits per heavy atom. The van der Waals surface area contributed by atoms with Crippen LogP contribution >= 0.6 is 0 Å². The van der Waals surface area contributed by atoms with E-state index in [1.807, 2.05) is 6.26 Å². The van der Waals surface area contributed by atoms with Crippen molar-refractivity contribution in [2.75, 3.05) is 0 Å². The van der Waals surface area contributed by atoms with Crippen molar-refractivity contribution < 1.29 is 4.74 Å². The highest BCUT2D eigenvalue weighted by atomic mass is 16.5. The summed E-state index contributed by atoms with van der Waals surface area (Å²) in [6.07, 6.45) is 24.5. The molecule has 0 aromatic carbocycles. The third-order valence-corrected chi connectivity index (χ3v) is 6.13. The van der Waals surface area contributed by atoms with Crippen molar-refractivity contribution in [3.05, 3.63) is 25.0 Å². The molecule has 1 heteroatoms. The lowest BCUT2D eigenvalue weighted by molar-refractivity contribution is 0.0837. The number of rotatable bonds is 9. The zero-order valence-corrected chi connectivity index (χ0v) is 15.3. The topological polar surface area (TPSA) is 9.23 Å². The minimum absolute atomic E-state index is 0.495. The Labute approximate surface area is 144 Å². The number of hydrogen-bond acceptors (Lipinski definition) is 1. The van der Waals surface area contributed by atoms with Crippen molar-refractivity contribution in [1.29, 1.82) is 0 Å². The molecule has 0 heterocycles. The summed E-state index contributed by atoms with van der Waals surface area (Å²) in [6.45, 7) is 6.01. The lowest BCUT2D eigenvalue weighted by atomic mass is 9.76. The molecule has 0 unspecified atom stereocenters. The Morgan fingerprint density at radius 1 is 0.826 bits per heavy atom. The predicted octanol–water partition coefficient (Wildman–Crippen LogP) is 7.04. The van der Waals surface area contributed by atoms with Gasteiger partial charge in [-0.15, -0.1) is 6.58 Å². The quantitative estimate of drug-likeness (QED) is 0.327. The lowest BCUT2D eigenvalue weighted by Crippen LogP contribution is -2.21. The van der Waals surface area contributed by atoms with Gasteiger partial charge in [0.25, 0.3) is 0 Å². The first-order chi connectivity index (χ1) is 11.3. The van der Waals surface area contributed by atoms with Crippen LogP contribution in [-0.2, 0) is 4.74 Å². The minimum Gasteiger partial charge on any atom is -0.498 e. The van der Waals surface area contributed by atoms with Crippen LogP contribution in [0.1, 0.15) is 90.4 Å². The lowest BCUT2D eigenvalue weighted by Gasteiger charge is -2.31. The van der Waals surface area contributed by atoms with Gasteiger partial charge in [0.15, 0.2) is 0 Å². The predicted molar refractivity (Wildman–Crippen MR) is 100 cm³/mol. The minimum atomic E-state index is 0.495. The molecule has 2 fully saturated rings. The Hall–Kier alpha value is -0.720. The summed E-state index contributed by atoms with van der Waals surface area (Å²) in [7, 11) is 0. The van der Waals surface area contributed by atoms with E-state index >= 15 is 0 Å². The van der Waals surface area contributed by atoms with Gasteiger partial charge in [-0.3, -0.25) is 0 Å². The molecule has 1 nitrogen and oxygen atoms in total. The fourth-order valence-electron chi connectivity index (χ4n) is 4.45. The van der Waals surface area contributed by atoms with Crippen LogP contribution in [0.3, 0.4) is 0 Å². The second kappa shape index (κ2) is 10.9. The largest absolute Gasteiger partial charge is 0.498 e. The van der Waals surface area contributed by atoms with Gasteiger partial charge in [-0.1, -0.05) is 57.6 Å². The molecule has 23 heavy (non-hydrogen) atoms. The zero-order chi connectivity index (χ0) is 16.3. The first-order valence-electron chi connectivity index (χ1n) is 10.2. The van der Waals surface area contributed by atoms with Gasteiger partial charge in [0, 0.05) is 0 Å². The molecule has 0 spiro atoms. The maximum absolute atomic E-state index is 5.82. The van der Waals surface area contributed by atoms with Gasteiger partial charge >= 0.3 is 0 Å². The van der Waals surface area contributed by atoms with Crippen molar-refractivity contribution in [1.82, 2.24) is 0 Å². The van der Waals surface area contributed by atoms with Gasteiger partial charge in [0.1, 0.15) is 0 Å². The van der Waals surface area contributed by atoms with Crippen LogP contribution in [0.4, 0.5) is 0 Å². The molecule has 2 rings (SSSR count). The van der Waals surface area contributed by atoms with Crippen molar-refractivity contribution >= 4 is 0 Å². The summed E-state index contributed by atoms with van der Waals surface area (Å²) in [5.41, 5.74) is 0. The molecule has 0 N–H and O–H groups in total. The first kappa shape index (κ1) is 18.6. The summed E-state index contributed by atoms with van der Waals surface area (Å²) in [5.74, 6) is 2.99. The first-order valence-corrected chi connectivity index (χ1v) is 10.2. The SMILES string of the molecule is C=CCCC1CCC(CCC2CCC(O/C=C/CC)CC2)CC1. The summed E-state index contributed by atoms with van der Waals surface area (Å²) in [4.78, 5) is 0. The molecule has 0 aromatic rings. The van der Waals surface area contributed by atoms with Crippen LogP contribution in [-0.4, -0.2) is 6.10 Å². The summed E-state index contributed by atoms with van der Waals surface area (Å²) >= 11 is 0. The highest BCUT2D eigenvalue weighted by molar-refractivity contribution is 4.80. The molecule has 2 saturated carbocycles. The molecule has 2 aliphatic rings. The monoisotopic (exact) mass is 318 g/mol. The highest BCUT2D eigenvalue weighted by Gasteiger charge is 2.24. The maximum atomic E-state index is 5.82. The summed E-state index contributed by atoms with van der Waals surface area (Å²) < 4.78 is 5.82. The Bertz CT molecular complexity index is 330. The van der Waals surface area contributed by atoms with E-state index in [0.29, 0.717) is 6.10 Å². The van der Waals surface area contributed by atoms with Crippen molar-refractivity contribution in [2.45, 2.75) is 96.5 Å². The molecule has 0 bridgehead atoms. The molecule has 0 saturated heterocycles. The highest BCUT2D eigenvalue weighted by Crippen LogP contribution is 2.37. The molecule has 0 aromatic heterocycles. The van der Waals surface area contributed by atoms with Gasteiger partial charge in [-0.2, -0.15) is 0 Å².